The lowest BCUT2D eigenvalue weighted by Crippen LogP contribution is -2.45. The van der Waals surface area contributed by atoms with Crippen molar-refractivity contribution < 1.29 is 0 Å². The first kappa shape index (κ1) is 11.4. The van der Waals surface area contributed by atoms with E-state index in [1.165, 1.54) is 38.6 Å². The molecule has 2 fully saturated rings. The van der Waals surface area contributed by atoms with Gasteiger partial charge in [0.2, 0.25) is 0 Å². The highest BCUT2D eigenvalue weighted by molar-refractivity contribution is 4.87. The van der Waals surface area contributed by atoms with Crippen LogP contribution in [0.3, 0.4) is 0 Å². The van der Waals surface area contributed by atoms with Crippen LogP contribution in [0.5, 0.6) is 0 Å². The fourth-order valence-electron chi connectivity index (χ4n) is 3.07. The molecule has 2 heteroatoms. The van der Waals surface area contributed by atoms with Crippen LogP contribution in [0.2, 0.25) is 0 Å². The van der Waals surface area contributed by atoms with Crippen LogP contribution in [-0.2, 0) is 0 Å². The molecule has 3 atom stereocenters. The zero-order valence-electron chi connectivity index (χ0n) is 10.3. The van der Waals surface area contributed by atoms with Crippen molar-refractivity contribution in [2.75, 3.05) is 20.1 Å². The molecule has 0 aromatic carbocycles. The Morgan fingerprint density at radius 3 is 2.53 bits per heavy atom. The van der Waals surface area contributed by atoms with Gasteiger partial charge in [-0.3, -0.25) is 0 Å². The highest BCUT2D eigenvalue weighted by Crippen LogP contribution is 2.35. The van der Waals surface area contributed by atoms with Gasteiger partial charge >= 0.3 is 0 Å². The van der Waals surface area contributed by atoms with Gasteiger partial charge in [0.15, 0.2) is 0 Å². The standard InChI is InChI=1S/C13H26N2/c1-10-3-6-12(8-14)13(7-10)15(2)9-11-4-5-11/h10-13H,3-9,14H2,1-2H3. The van der Waals surface area contributed by atoms with Gasteiger partial charge in [0, 0.05) is 12.6 Å². The highest BCUT2D eigenvalue weighted by Gasteiger charge is 2.33. The Morgan fingerprint density at radius 2 is 1.93 bits per heavy atom. The summed E-state index contributed by atoms with van der Waals surface area (Å²) in [6.07, 6.45) is 7.01. The molecule has 0 aliphatic heterocycles. The van der Waals surface area contributed by atoms with E-state index in [1.807, 2.05) is 0 Å². The SMILES string of the molecule is CC1CCC(CN)C(N(C)CC2CC2)C1. The molecule has 2 aliphatic carbocycles. The molecule has 0 heterocycles. The summed E-state index contributed by atoms with van der Waals surface area (Å²) in [5, 5.41) is 0. The smallest absolute Gasteiger partial charge is 0.0135 e. The summed E-state index contributed by atoms with van der Waals surface area (Å²) in [6.45, 7) is 4.59. The number of hydrogen-bond acceptors (Lipinski definition) is 2. The topological polar surface area (TPSA) is 29.3 Å². The van der Waals surface area contributed by atoms with Crippen LogP contribution >= 0.6 is 0 Å². The molecule has 0 aromatic heterocycles. The average Bonchev–Trinajstić information content (AvgIpc) is 3.01. The third kappa shape index (κ3) is 2.94. The van der Waals surface area contributed by atoms with Gasteiger partial charge < -0.3 is 10.6 Å². The quantitative estimate of drug-likeness (QED) is 0.770. The van der Waals surface area contributed by atoms with E-state index in [0.717, 1.165) is 30.3 Å². The van der Waals surface area contributed by atoms with Gasteiger partial charge in [0.1, 0.15) is 0 Å². The molecule has 2 nitrogen and oxygen atoms in total. The molecule has 88 valence electrons. The zero-order valence-corrected chi connectivity index (χ0v) is 10.3. The third-order valence-electron chi connectivity index (χ3n) is 4.33. The number of hydrogen-bond donors (Lipinski definition) is 1. The molecule has 2 N–H and O–H groups in total. The first-order valence-electron chi connectivity index (χ1n) is 6.61. The molecular formula is C13H26N2. The Kier molecular flexibility index (Phi) is 3.68. The fraction of sp³-hybridized carbons (Fsp3) is 1.00. The zero-order chi connectivity index (χ0) is 10.8. The number of rotatable bonds is 4. The molecule has 2 rings (SSSR count). The minimum absolute atomic E-state index is 0.755. The first-order chi connectivity index (χ1) is 7.20. The lowest BCUT2D eigenvalue weighted by molar-refractivity contribution is 0.105. The van der Waals surface area contributed by atoms with Crippen LogP contribution in [0.1, 0.15) is 39.0 Å². The second-order valence-electron chi connectivity index (χ2n) is 5.86. The van der Waals surface area contributed by atoms with Crippen molar-refractivity contribution in [1.29, 1.82) is 0 Å². The second kappa shape index (κ2) is 4.84. The van der Waals surface area contributed by atoms with E-state index in [1.54, 1.807) is 0 Å². The van der Waals surface area contributed by atoms with Crippen LogP contribution in [0.4, 0.5) is 0 Å². The molecule has 0 aromatic rings. The Bertz CT molecular complexity index is 201. The number of nitrogens with zero attached hydrogens (tertiary/aromatic N) is 1. The normalized spacial score (nSPS) is 37.2. The molecule has 0 saturated heterocycles. The van der Waals surface area contributed by atoms with Gasteiger partial charge in [0.05, 0.1) is 0 Å². The van der Waals surface area contributed by atoms with Crippen molar-refractivity contribution in [3.8, 4) is 0 Å². The minimum Gasteiger partial charge on any atom is -0.330 e. The van der Waals surface area contributed by atoms with Gasteiger partial charge in [-0.25, -0.2) is 0 Å². The molecule has 0 spiro atoms. The summed E-state index contributed by atoms with van der Waals surface area (Å²) in [7, 11) is 2.31. The van der Waals surface area contributed by atoms with E-state index in [4.69, 9.17) is 5.73 Å². The van der Waals surface area contributed by atoms with Crippen molar-refractivity contribution in [2.45, 2.75) is 45.1 Å². The van der Waals surface area contributed by atoms with Gasteiger partial charge in [0.25, 0.3) is 0 Å². The fourth-order valence-corrected chi connectivity index (χ4v) is 3.07. The van der Waals surface area contributed by atoms with E-state index in [2.05, 4.69) is 18.9 Å². The molecular weight excluding hydrogens is 184 g/mol. The van der Waals surface area contributed by atoms with Crippen LogP contribution in [0.15, 0.2) is 0 Å². The van der Waals surface area contributed by atoms with Crippen molar-refractivity contribution in [2.24, 2.45) is 23.5 Å². The predicted molar refractivity (Wildman–Crippen MR) is 64.7 cm³/mol. The maximum atomic E-state index is 5.90. The van der Waals surface area contributed by atoms with Crippen LogP contribution in [0, 0.1) is 17.8 Å². The average molecular weight is 210 g/mol. The summed E-state index contributed by atoms with van der Waals surface area (Å²) in [4.78, 5) is 2.60. The van der Waals surface area contributed by atoms with Gasteiger partial charge in [-0.15, -0.1) is 0 Å². The molecule has 0 radical (unpaired) electrons. The maximum Gasteiger partial charge on any atom is 0.0135 e. The Morgan fingerprint density at radius 1 is 1.20 bits per heavy atom. The van der Waals surface area contributed by atoms with Crippen molar-refractivity contribution in [1.82, 2.24) is 4.90 Å². The molecule has 3 unspecified atom stereocenters. The summed E-state index contributed by atoms with van der Waals surface area (Å²) in [6, 6.07) is 0.763. The van der Waals surface area contributed by atoms with E-state index in [-0.39, 0.29) is 0 Å². The maximum absolute atomic E-state index is 5.90. The summed E-state index contributed by atoms with van der Waals surface area (Å²) >= 11 is 0. The van der Waals surface area contributed by atoms with Crippen molar-refractivity contribution in [3.05, 3.63) is 0 Å². The second-order valence-corrected chi connectivity index (χ2v) is 5.86. The van der Waals surface area contributed by atoms with Gasteiger partial charge in [-0.1, -0.05) is 13.3 Å². The molecule has 0 amide bonds. The van der Waals surface area contributed by atoms with Crippen molar-refractivity contribution >= 4 is 0 Å². The lowest BCUT2D eigenvalue weighted by Gasteiger charge is -2.40. The molecule has 2 aliphatic rings. The number of nitrogens with two attached hydrogens (primary N) is 1. The molecule has 2 saturated carbocycles. The van der Waals surface area contributed by atoms with Gasteiger partial charge in [-0.05, 0) is 57.0 Å². The van der Waals surface area contributed by atoms with Crippen LogP contribution in [0.25, 0.3) is 0 Å². The Labute approximate surface area is 94.2 Å². The third-order valence-corrected chi connectivity index (χ3v) is 4.33. The van der Waals surface area contributed by atoms with Crippen LogP contribution < -0.4 is 5.73 Å². The first-order valence-corrected chi connectivity index (χ1v) is 6.61. The Hall–Kier alpha value is -0.0800. The predicted octanol–water partition coefficient (Wildman–Crippen LogP) is 2.09. The monoisotopic (exact) mass is 210 g/mol. The summed E-state index contributed by atoms with van der Waals surface area (Å²) in [5.41, 5.74) is 5.90. The lowest BCUT2D eigenvalue weighted by atomic mass is 9.78. The van der Waals surface area contributed by atoms with E-state index in [9.17, 15) is 0 Å². The summed E-state index contributed by atoms with van der Waals surface area (Å²) < 4.78 is 0. The summed E-state index contributed by atoms with van der Waals surface area (Å²) in [5.74, 6) is 2.66. The van der Waals surface area contributed by atoms with Crippen LogP contribution in [-0.4, -0.2) is 31.1 Å². The Balaban J connectivity index is 1.89. The van der Waals surface area contributed by atoms with E-state index < -0.39 is 0 Å². The van der Waals surface area contributed by atoms with E-state index in [0.29, 0.717) is 0 Å². The van der Waals surface area contributed by atoms with Crippen molar-refractivity contribution in [3.63, 3.8) is 0 Å². The minimum atomic E-state index is 0.755. The largest absolute Gasteiger partial charge is 0.330 e. The molecule has 0 bridgehead atoms. The molecule has 15 heavy (non-hydrogen) atoms. The van der Waals surface area contributed by atoms with E-state index >= 15 is 0 Å². The highest BCUT2D eigenvalue weighted by atomic mass is 15.1. The van der Waals surface area contributed by atoms with Gasteiger partial charge in [-0.2, -0.15) is 0 Å².